The van der Waals surface area contributed by atoms with Crippen molar-refractivity contribution < 1.29 is 19.1 Å². The van der Waals surface area contributed by atoms with Gasteiger partial charge in [0.05, 0.1) is 0 Å². The summed E-state index contributed by atoms with van der Waals surface area (Å²) in [6, 6.07) is 18.8. The minimum Gasteiger partial charge on any atom is -0.449 e. The Labute approximate surface area is 256 Å². The van der Waals surface area contributed by atoms with Gasteiger partial charge in [-0.15, -0.1) is 0 Å². The van der Waals surface area contributed by atoms with E-state index in [2.05, 4.69) is 77.0 Å². The monoisotopic (exact) mass is 667 g/mol. The summed E-state index contributed by atoms with van der Waals surface area (Å²) >= 11 is 2.39. The molecule has 8 heteroatoms. The predicted molar refractivity (Wildman–Crippen MR) is 171 cm³/mol. The Balaban J connectivity index is 1.21. The molecule has 1 aliphatic carbocycles. The Morgan fingerprint density at radius 2 is 1.51 bits per heavy atom. The lowest BCUT2D eigenvalue weighted by Crippen LogP contribution is -2.50. The topological polar surface area (TPSA) is 71.1 Å². The van der Waals surface area contributed by atoms with Crippen molar-refractivity contribution in [3.63, 3.8) is 0 Å². The van der Waals surface area contributed by atoms with Crippen LogP contribution in [0.15, 0.2) is 54.6 Å². The quantitative estimate of drug-likeness (QED) is 0.297. The minimum absolute atomic E-state index is 0.0289. The van der Waals surface area contributed by atoms with Gasteiger partial charge < -0.3 is 24.6 Å². The van der Waals surface area contributed by atoms with Gasteiger partial charge in [-0.3, -0.25) is 0 Å². The summed E-state index contributed by atoms with van der Waals surface area (Å²) in [7, 11) is 0. The van der Waals surface area contributed by atoms with E-state index in [-0.39, 0.29) is 18.6 Å². The number of nitrogens with one attached hydrogen (secondary N) is 1. The summed E-state index contributed by atoms with van der Waals surface area (Å²) in [5.74, 6) is 0.0289. The van der Waals surface area contributed by atoms with E-state index in [1.165, 1.54) is 31.4 Å². The average Bonchev–Trinajstić information content (AvgIpc) is 3.27. The molecule has 1 heterocycles. The Hall–Kier alpha value is -3.27. The molecule has 2 amide bonds. The Kier molecular flexibility index (Phi) is 8.50. The number of benzene rings is 3. The van der Waals surface area contributed by atoms with E-state index < -0.39 is 11.7 Å². The number of anilines is 1. The van der Waals surface area contributed by atoms with Gasteiger partial charge in [0.1, 0.15) is 12.2 Å². The molecule has 0 unspecified atom stereocenters. The van der Waals surface area contributed by atoms with Crippen LogP contribution in [0.25, 0.3) is 11.1 Å². The van der Waals surface area contributed by atoms with Gasteiger partial charge in [0, 0.05) is 47.9 Å². The van der Waals surface area contributed by atoms with Crippen molar-refractivity contribution >= 4 is 40.5 Å². The number of rotatable bonds is 5. The number of halogens is 1. The average molecular weight is 668 g/mol. The van der Waals surface area contributed by atoms with E-state index in [0.717, 1.165) is 29.9 Å². The number of hydrogen-bond donors (Lipinski definition) is 1. The maximum absolute atomic E-state index is 12.9. The summed E-state index contributed by atoms with van der Waals surface area (Å²) < 4.78 is 12.5. The molecule has 0 spiro atoms. The second kappa shape index (κ2) is 11.9. The molecule has 7 nitrogen and oxygen atoms in total. The normalized spacial score (nSPS) is 14.9. The molecule has 216 valence electrons. The fourth-order valence-corrected chi connectivity index (χ4v) is 6.32. The van der Waals surface area contributed by atoms with Crippen molar-refractivity contribution in [3.8, 4) is 11.1 Å². The number of amides is 2. The highest BCUT2D eigenvalue weighted by Crippen LogP contribution is 2.44. The third-order valence-corrected chi connectivity index (χ3v) is 9.49. The summed E-state index contributed by atoms with van der Waals surface area (Å²) in [5, 5.41) is 2.98. The van der Waals surface area contributed by atoms with Crippen LogP contribution in [0.4, 0.5) is 15.3 Å². The molecular weight excluding hydrogens is 629 g/mol. The van der Waals surface area contributed by atoms with Crippen molar-refractivity contribution in [1.82, 2.24) is 10.2 Å². The molecule has 2 aliphatic rings. The second-order valence-electron chi connectivity index (χ2n) is 11.8. The highest BCUT2D eigenvalue weighted by Gasteiger charge is 2.30. The SMILES string of the molecule is Cc1c(CNC(=O)OCC2c3ccccc3-c3ccccc32)cc(N2CCN(C(=O)OC(C)(C)C)CC2)c(C)c1I. The first-order chi connectivity index (χ1) is 19.5. The highest BCUT2D eigenvalue weighted by molar-refractivity contribution is 14.1. The Morgan fingerprint density at radius 3 is 2.10 bits per heavy atom. The number of alkyl carbamates (subject to hydrolysis) is 1. The largest absolute Gasteiger partial charge is 0.449 e. The molecule has 0 atom stereocenters. The Morgan fingerprint density at radius 1 is 0.927 bits per heavy atom. The fourth-order valence-electron chi connectivity index (χ4n) is 5.70. The van der Waals surface area contributed by atoms with Crippen LogP contribution in [0.2, 0.25) is 0 Å². The summed E-state index contributed by atoms with van der Waals surface area (Å²) in [4.78, 5) is 29.5. The van der Waals surface area contributed by atoms with Gasteiger partial charge in [-0.2, -0.15) is 0 Å². The van der Waals surface area contributed by atoms with Crippen LogP contribution < -0.4 is 10.2 Å². The molecule has 0 aromatic heterocycles. The molecular formula is C33H38IN3O4. The third kappa shape index (κ3) is 6.32. The van der Waals surface area contributed by atoms with E-state index in [4.69, 9.17) is 9.47 Å². The molecule has 3 aromatic carbocycles. The number of fused-ring (bicyclic) bond motifs is 3. The number of carbonyl (C=O) groups is 2. The zero-order valence-electron chi connectivity index (χ0n) is 24.4. The summed E-state index contributed by atoms with van der Waals surface area (Å²) in [6.45, 7) is 13.2. The van der Waals surface area contributed by atoms with Crippen molar-refractivity contribution in [2.24, 2.45) is 0 Å². The highest BCUT2D eigenvalue weighted by atomic mass is 127. The number of piperazine rings is 1. The number of carbonyl (C=O) groups excluding carboxylic acids is 2. The maximum Gasteiger partial charge on any atom is 0.410 e. The third-order valence-electron chi connectivity index (χ3n) is 7.87. The number of nitrogens with zero attached hydrogens (tertiary/aromatic N) is 2. The molecule has 3 aromatic rings. The van der Waals surface area contributed by atoms with Crippen LogP contribution in [0, 0.1) is 17.4 Å². The van der Waals surface area contributed by atoms with E-state index >= 15 is 0 Å². The van der Waals surface area contributed by atoms with Gasteiger partial charge >= 0.3 is 12.2 Å². The zero-order valence-corrected chi connectivity index (χ0v) is 26.6. The van der Waals surface area contributed by atoms with Gasteiger partial charge in [0.2, 0.25) is 0 Å². The van der Waals surface area contributed by atoms with Crippen LogP contribution >= 0.6 is 22.6 Å². The fraction of sp³-hybridized carbons (Fsp3) is 0.394. The van der Waals surface area contributed by atoms with Crippen LogP contribution in [-0.4, -0.2) is 55.5 Å². The van der Waals surface area contributed by atoms with E-state index in [9.17, 15) is 9.59 Å². The first kappa shape index (κ1) is 29.2. The first-order valence-corrected chi connectivity index (χ1v) is 15.2. The zero-order chi connectivity index (χ0) is 29.3. The predicted octanol–water partition coefficient (Wildman–Crippen LogP) is 7.00. The first-order valence-electron chi connectivity index (χ1n) is 14.1. The van der Waals surface area contributed by atoms with Crippen molar-refractivity contribution in [2.75, 3.05) is 37.7 Å². The van der Waals surface area contributed by atoms with E-state index in [1.54, 1.807) is 4.90 Å². The molecule has 0 bridgehead atoms. The lowest BCUT2D eigenvalue weighted by atomic mass is 9.98. The van der Waals surface area contributed by atoms with Gasteiger partial charge in [-0.05, 0) is 102 Å². The van der Waals surface area contributed by atoms with Crippen molar-refractivity contribution in [3.05, 3.63) is 86.0 Å². The van der Waals surface area contributed by atoms with E-state index in [1.807, 2.05) is 45.0 Å². The van der Waals surface area contributed by atoms with Crippen molar-refractivity contribution in [1.29, 1.82) is 0 Å². The number of hydrogen-bond acceptors (Lipinski definition) is 5. The molecule has 5 rings (SSSR count). The molecule has 0 saturated carbocycles. The number of ether oxygens (including phenoxy) is 2. The molecule has 1 fully saturated rings. The lowest BCUT2D eigenvalue weighted by Gasteiger charge is -2.38. The second-order valence-corrected chi connectivity index (χ2v) is 12.8. The molecule has 0 radical (unpaired) electrons. The Bertz CT molecular complexity index is 1410. The minimum atomic E-state index is -0.507. The molecule has 41 heavy (non-hydrogen) atoms. The van der Waals surface area contributed by atoms with Gasteiger partial charge in [0.25, 0.3) is 0 Å². The molecule has 1 N–H and O–H groups in total. The maximum atomic E-state index is 12.9. The molecule has 1 aliphatic heterocycles. The smallest absolute Gasteiger partial charge is 0.410 e. The molecule has 1 saturated heterocycles. The van der Waals surface area contributed by atoms with E-state index in [0.29, 0.717) is 19.6 Å². The van der Waals surface area contributed by atoms with Crippen LogP contribution in [0.5, 0.6) is 0 Å². The van der Waals surface area contributed by atoms with Crippen LogP contribution in [0.3, 0.4) is 0 Å². The van der Waals surface area contributed by atoms with Crippen LogP contribution in [0.1, 0.15) is 54.5 Å². The van der Waals surface area contributed by atoms with Crippen LogP contribution in [-0.2, 0) is 16.0 Å². The lowest BCUT2D eigenvalue weighted by molar-refractivity contribution is 0.0240. The van der Waals surface area contributed by atoms with Gasteiger partial charge in [0.15, 0.2) is 0 Å². The summed E-state index contributed by atoms with van der Waals surface area (Å²) in [6.07, 6.45) is -0.685. The standard InChI is InChI=1S/C33H38IN3O4/c1-21-23(18-29(22(2)30(21)34)36-14-16-37(17-15-36)32(39)41-33(3,4)5)19-35-31(38)40-20-28-26-12-8-6-10-24(26)25-11-7-9-13-27(25)28/h6-13,18,28H,14-17,19-20H2,1-5H3,(H,35,38). The van der Waals surface area contributed by atoms with Gasteiger partial charge in [-0.25, -0.2) is 9.59 Å². The van der Waals surface area contributed by atoms with Gasteiger partial charge in [-0.1, -0.05) is 48.5 Å². The summed E-state index contributed by atoms with van der Waals surface area (Å²) in [5.41, 5.74) is 8.85. The van der Waals surface area contributed by atoms with Crippen molar-refractivity contribution in [2.45, 2.75) is 52.7 Å².